The third kappa shape index (κ3) is 4.82. The van der Waals surface area contributed by atoms with E-state index in [4.69, 9.17) is 0 Å². The molecule has 33 heavy (non-hydrogen) atoms. The molecule has 0 N–H and O–H groups in total. The molecule has 0 bridgehead atoms. The summed E-state index contributed by atoms with van der Waals surface area (Å²) in [4.78, 5) is 41.3. The molecule has 1 saturated carbocycles. The molecule has 2 aromatic carbocycles. The molecule has 7 nitrogen and oxygen atoms in total. The van der Waals surface area contributed by atoms with E-state index in [1.165, 1.54) is 23.5 Å². The average molecular weight is 448 g/mol. The highest BCUT2D eigenvalue weighted by atomic mass is 16.6. The molecule has 0 unspecified atom stereocenters. The first kappa shape index (κ1) is 22.7. The summed E-state index contributed by atoms with van der Waals surface area (Å²) in [7, 11) is 1.82. The van der Waals surface area contributed by atoms with Gasteiger partial charge in [0.15, 0.2) is 0 Å². The van der Waals surface area contributed by atoms with Crippen LogP contribution in [0.3, 0.4) is 0 Å². The number of carbonyl (C=O) groups excluding carboxylic acids is 2. The van der Waals surface area contributed by atoms with E-state index in [2.05, 4.69) is 0 Å². The van der Waals surface area contributed by atoms with Crippen LogP contribution in [0.5, 0.6) is 0 Å². The van der Waals surface area contributed by atoms with Gasteiger partial charge in [0.25, 0.3) is 17.5 Å². The second-order valence-electron chi connectivity index (χ2n) is 8.85. The summed E-state index contributed by atoms with van der Waals surface area (Å²) in [6.45, 7) is 0.476. The van der Waals surface area contributed by atoms with Gasteiger partial charge in [0.1, 0.15) is 5.70 Å². The van der Waals surface area contributed by atoms with Gasteiger partial charge in [0.2, 0.25) is 0 Å². The summed E-state index contributed by atoms with van der Waals surface area (Å²) in [6, 6.07) is 15.6. The van der Waals surface area contributed by atoms with Gasteiger partial charge >= 0.3 is 0 Å². The van der Waals surface area contributed by atoms with Gasteiger partial charge in [-0.1, -0.05) is 62.4 Å². The number of benzene rings is 2. The molecule has 0 saturated heterocycles. The van der Waals surface area contributed by atoms with Crippen LogP contribution in [0.25, 0.3) is 5.57 Å². The number of hydrogen-bond donors (Lipinski definition) is 0. The first-order valence-corrected chi connectivity index (χ1v) is 11.6. The third-order valence-electron chi connectivity index (χ3n) is 6.54. The fourth-order valence-corrected chi connectivity index (χ4v) is 4.86. The molecule has 0 aromatic heterocycles. The van der Waals surface area contributed by atoms with Crippen LogP contribution in [-0.4, -0.2) is 39.6 Å². The molecule has 2 amide bonds. The smallest absolute Gasteiger partial charge is 0.278 e. The van der Waals surface area contributed by atoms with E-state index < -0.39 is 4.92 Å². The van der Waals surface area contributed by atoms with E-state index in [0.717, 1.165) is 44.1 Å². The molecule has 1 heterocycles. The number of amides is 2. The van der Waals surface area contributed by atoms with Crippen LogP contribution in [0.2, 0.25) is 0 Å². The van der Waals surface area contributed by atoms with Crippen molar-refractivity contribution in [1.29, 1.82) is 0 Å². The Hall–Kier alpha value is -3.48. The number of rotatable bonds is 6. The quantitative estimate of drug-likeness (QED) is 0.357. The summed E-state index contributed by atoms with van der Waals surface area (Å²) >= 11 is 0. The van der Waals surface area contributed by atoms with Gasteiger partial charge in [-0.15, -0.1) is 0 Å². The maximum atomic E-state index is 13.7. The predicted octanol–water partition coefficient (Wildman–Crippen LogP) is 4.92. The van der Waals surface area contributed by atoms with Crippen molar-refractivity contribution in [3.8, 4) is 0 Å². The second-order valence-corrected chi connectivity index (χ2v) is 8.85. The van der Waals surface area contributed by atoms with E-state index in [9.17, 15) is 19.7 Å². The molecule has 1 aliphatic heterocycles. The van der Waals surface area contributed by atoms with Crippen LogP contribution < -0.4 is 0 Å². The van der Waals surface area contributed by atoms with Crippen molar-refractivity contribution in [3.05, 3.63) is 81.5 Å². The lowest BCUT2D eigenvalue weighted by Crippen LogP contribution is -2.42. The zero-order valence-corrected chi connectivity index (χ0v) is 18.9. The van der Waals surface area contributed by atoms with Crippen LogP contribution >= 0.6 is 0 Å². The van der Waals surface area contributed by atoms with E-state index in [1.54, 1.807) is 12.1 Å². The zero-order valence-electron chi connectivity index (χ0n) is 18.9. The summed E-state index contributed by atoms with van der Waals surface area (Å²) in [5.74, 6) is -0.563. The van der Waals surface area contributed by atoms with Crippen molar-refractivity contribution >= 4 is 23.1 Å². The molecule has 2 aliphatic rings. The zero-order chi connectivity index (χ0) is 23.4. The fraction of sp³-hybridized carbons (Fsp3) is 0.385. The first-order chi connectivity index (χ1) is 16.0. The molecular weight excluding hydrogens is 418 g/mol. The Balaban J connectivity index is 1.72. The SMILES string of the molecule is CN(Cc1ccccc1)C1=C(c2ccc([N+](=O)[O-])cc2)C(=O)N(C2CCCCCCC2)C1=O. The normalized spacial score (nSPS) is 17.8. The minimum atomic E-state index is -0.469. The Labute approximate surface area is 193 Å². The van der Waals surface area contributed by atoms with Crippen molar-refractivity contribution in [2.75, 3.05) is 7.05 Å². The predicted molar refractivity (Wildman–Crippen MR) is 126 cm³/mol. The van der Waals surface area contributed by atoms with Gasteiger partial charge in [-0.25, -0.2) is 0 Å². The summed E-state index contributed by atoms with van der Waals surface area (Å²) < 4.78 is 0. The molecule has 2 aromatic rings. The largest absolute Gasteiger partial charge is 0.365 e. The molecule has 4 rings (SSSR count). The van der Waals surface area contributed by atoms with Crippen LogP contribution in [0.1, 0.15) is 56.1 Å². The van der Waals surface area contributed by atoms with Gasteiger partial charge in [-0.3, -0.25) is 24.6 Å². The molecule has 0 atom stereocenters. The maximum absolute atomic E-state index is 13.7. The van der Waals surface area contributed by atoms with Gasteiger partial charge in [-0.2, -0.15) is 0 Å². The van der Waals surface area contributed by atoms with Gasteiger partial charge < -0.3 is 4.90 Å². The second kappa shape index (κ2) is 9.98. The Morgan fingerprint density at radius 3 is 2.12 bits per heavy atom. The molecule has 7 heteroatoms. The highest BCUT2D eigenvalue weighted by molar-refractivity contribution is 6.35. The number of likely N-dealkylation sites (N-methyl/N-ethyl adjacent to an activating group) is 1. The monoisotopic (exact) mass is 447 g/mol. The first-order valence-electron chi connectivity index (χ1n) is 11.6. The molecule has 1 fully saturated rings. The molecule has 172 valence electrons. The number of hydrogen-bond acceptors (Lipinski definition) is 5. The van der Waals surface area contributed by atoms with E-state index in [0.29, 0.717) is 23.4 Å². The Bertz CT molecular complexity index is 1050. The van der Waals surface area contributed by atoms with Crippen molar-refractivity contribution in [1.82, 2.24) is 9.80 Å². The molecule has 1 aliphatic carbocycles. The molecule has 0 radical (unpaired) electrons. The average Bonchev–Trinajstić information content (AvgIpc) is 3.05. The number of non-ortho nitro benzene ring substituents is 1. The van der Waals surface area contributed by atoms with E-state index in [-0.39, 0.29) is 23.5 Å². The van der Waals surface area contributed by atoms with Crippen LogP contribution in [0.4, 0.5) is 5.69 Å². The number of nitrogens with zero attached hydrogens (tertiary/aromatic N) is 3. The lowest BCUT2D eigenvalue weighted by Gasteiger charge is -2.29. The topological polar surface area (TPSA) is 83.8 Å². The highest BCUT2D eigenvalue weighted by Crippen LogP contribution is 2.36. The van der Waals surface area contributed by atoms with Crippen molar-refractivity contribution in [3.63, 3.8) is 0 Å². The third-order valence-corrected chi connectivity index (χ3v) is 6.54. The van der Waals surface area contributed by atoms with Crippen molar-refractivity contribution in [2.45, 2.75) is 57.5 Å². The van der Waals surface area contributed by atoms with E-state index >= 15 is 0 Å². The van der Waals surface area contributed by atoms with Crippen molar-refractivity contribution < 1.29 is 14.5 Å². The van der Waals surface area contributed by atoms with Crippen LogP contribution in [-0.2, 0) is 16.1 Å². The number of carbonyl (C=O) groups is 2. The molecular formula is C26H29N3O4. The minimum absolute atomic E-state index is 0.0489. The number of nitro benzene ring substituents is 1. The fourth-order valence-electron chi connectivity index (χ4n) is 4.86. The van der Waals surface area contributed by atoms with Gasteiger partial charge in [0.05, 0.1) is 10.5 Å². The highest BCUT2D eigenvalue weighted by Gasteiger charge is 2.44. The number of imide groups is 1. The molecule has 0 spiro atoms. The Morgan fingerprint density at radius 1 is 0.909 bits per heavy atom. The number of nitro groups is 1. The Kier molecular flexibility index (Phi) is 6.87. The van der Waals surface area contributed by atoms with Crippen LogP contribution in [0.15, 0.2) is 60.3 Å². The van der Waals surface area contributed by atoms with E-state index in [1.807, 2.05) is 42.3 Å². The maximum Gasteiger partial charge on any atom is 0.278 e. The lowest BCUT2D eigenvalue weighted by molar-refractivity contribution is -0.384. The van der Waals surface area contributed by atoms with Crippen LogP contribution in [0, 0.1) is 10.1 Å². The summed E-state index contributed by atoms with van der Waals surface area (Å²) in [5, 5.41) is 11.1. The summed E-state index contributed by atoms with van der Waals surface area (Å²) in [6.07, 6.45) is 7.09. The van der Waals surface area contributed by atoms with Gasteiger partial charge in [0, 0.05) is 31.8 Å². The van der Waals surface area contributed by atoms with Gasteiger partial charge in [-0.05, 0) is 36.1 Å². The summed E-state index contributed by atoms with van der Waals surface area (Å²) in [5.41, 5.74) is 2.20. The Morgan fingerprint density at radius 2 is 1.52 bits per heavy atom. The van der Waals surface area contributed by atoms with Crippen molar-refractivity contribution in [2.24, 2.45) is 0 Å². The minimum Gasteiger partial charge on any atom is -0.365 e. The lowest BCUT2D eigenvalue weighted by atomic mass is 9.95. The standard InChI is InChI=1S/C26H29N3O4/c1-27(18-19-10-6-5-7-11-19)24-23(20-14-16-22(17-15-20)29(32)33)25(30)28(26(24)31)21-12-8-3-2-4-9-13-21/h5-7,10-11,14-17,21H,2-4,8-9,12-13,18H2,1H3.